The Balaban J connectivity index is 2.44. The molecular formula is C15H23NO4. The first-order chi connectivity index (χ1) is 9.65. The van der Waals surface area contributed by atoms with Crippen LogP contribution in [0.5, 0.6) is 17.2 Å². The first-order valence-electron chi connectivity index (χ1n) is 6.77. The third kappa shape index (κ3) is 2.55. The van der Waals surface area contributed by atoms with Crippen molar-refractivity contribution in [1.29, 1.82) is 0 Å². The van der Waals surface area contributed by atoms with Gasteiger partial charge in [-0.05, 0) is 26.1 Å². The normalized spacial score (nSPS) is 22.9. The Morgan fingerprint density at radius 3 is 2.25 bits per heavy atom. The second-order valence-electron chi connectivity index (χ2n) is 5.07. The summed E-state index contributed by atoms with van der Waals surface area (Å²) in [6.45, 7) is 1.10. The highest BCUT2D eigenvalue weighted by Crippen LogP contribution is 2.42. The maximum atomic E-state index is 9.62. The first-order valence-corrected chi connectivity index (χ1v) is 6.77. The average Bonchev–Trinajstić information content (AvgIpc) is 2.86. The van der Waals surface area contributed by atoms with E-state index in [-0.39, 0.29) is 18.6 Å². The van der Waals surface area contributed by atoms with Gasteiger partial charge in [0.1, 0.15) is 5.75 Å². The summed E-state index contributed by atoms with van der Waals surface area (Å²) >= 11 is 0. The standard InChI is InChI=1S/C15H23NO4/c1-16-6-5-10(12(16)9-17)11-7-14(19-3)15(20-4)8-13(11)18-2/h7-8,10,12,17H,5-6,9H2,1-4H3. The van der Waals surface area contributed by atoms with Crippen LogP contribution in [0, 0.1) is 0 Å². The lowest BCUT2D eigenvalue weighted by atomic mass is 9.91. The van der Waals surface area contributed by atoms with Crippen LogP contribution in [0.3, 0.4) is 0 Å². The van der Waals surface area contributed by atoms with Crippen LogP contribution in [0.1, 0.15) is 17.9 Å². The largest absolute Gasteiger partial charge is 0.496 e. The molecule has 0 saturated carbocycles. The van der Waals surface area contributed by atoms with Crippen LogP contribution in [0.4, 0.5) is 0 Å². The van der Waals surface area contributed by atoms with E-state index in [2.05, 4.69) is 4.90 Å². The Kier molecular flexibility index (Phi) is 4.73. The summed E-state index contributed by atoms with van der Waals surface area (Å²) in [4.78, 5) is 2.18. The van der Waals surface area contributed by atoms with E-state index in [0.717, 1.165) is 24.3 Å². The van der Waals surface area contributed by atoms with Gasteiger partial charge in [0.25, 0.3) is 0 Å². The molecule has 2 atom stereocenters. The lowest BCUT2D eigenvalue weighted by Crippen LogP contribution is -2.32. The Hall–Kier alpha value is -1.46. The molecule has 0 aliphatic carbocycles. The summed E-state index contributed by atoms with van der Waals surface area (Å²) in [5.74, 6) is 2.36. The van der Waals surface area contributed by atoms with Crippen molar-refractivity contribution in [2.24, 2.45) is 0 Å². The lowest BCUT2D eigenvalue weighted by molar-refractivity contribution is 0.171. The highest BCUT2D eigenvalue weighted by atomic mass is 16.5. The van der Waals surface area contributed by atoms with Crippen molar-refractivity contribution in [3.05, 3.63) is 17.7 Å². The fraction of sp³-hybridized carbons (Fsp3) is 0.600. The zero-order valence-corrected chi connectivity index (χ0v) is 12.5. The van der Waals surface area contributed by atoms with Crippen molar-refractivity contribution < 1.29 is 19.3 Å². The Morgan fingerprint density at radius 1 is 1.10 bits per heavy atom. The van der Waals surface area contributed by atoms with E-state index in [1.807, 2.05) is 19.2 Å². The third-order valence-electron chi connectivity index (χ3n) is 4.15. The molecule has 1 heterocycles. The maximum Gasteiger partial charge on any atom is 0.164 e. The summed E-state index contributed by atoms with van der Waals surface area (Å²) in [5, 5.41) is 9.62. The molecule has 112 valence electrons. The third-order valence-corrected chi connectivity index (χ3v) is 4.15. The van der Waals surface area contributed by atoms with Crippen LogP contribution in [0.2, 0.25) is 0 Å². The number of benzene rings is 1. The van der Waals surface area contributed by atoms with Gasteiger partial charge in [-0.2, -0.15) is 0 Å². The van der Waals surface area contributed by atoms with Crippen molar-refractivity contribution in [1.82, 2.24) is 4.90 Å². The van der Waals surface area contributed by atoms with Gasteiger partial charge in [-0.15, -0.1) is 0 Å². The monoisotopic (exact) mass is 281 g/mol. The predicted octanol–water partition coefficient (Wildman–Crippen LogP) is 1.49. The molecule has 1 N–H and O–H groups in total. The molecule has 0 spiro atoms. The summed E-state index contributed by atoms with van der Waals surface area (Å²) < 4.78 is 16.2. The molecule has 0 aromatic heterocycles. The van der Waals surface area contributed by atoms with E-state index in [9.17, 15) is 5.11 Å². The molecule has 1 aliphatic heterocycles. The van der Waals surface area contributed by atoms with Gasteiger partial charge in [0.05, 0.1) is 27.9 Å². The van der Waals surface area contributed by atoms with Crippen LogP contribution in [0.25, 0.3) is 0 Å². The van der Waals surface area contributed by atoms with Crippen LogP contribution in [-0.2, 0) is 0 Å². The minimum Gasteiger partial charge on any atom is -0.496 e. The van der Waals surface area contributed by atoms with Crippen molar-refractivity contribution in [2.45, 2.75) is 18.4 Å². The fourth-order valence-corrected chi connectivity index (χ4v) is 2.98. The van der Waals surface area contributed by atoms with Crippen molar-refractivity contribution in [3.8, 4) is 17.2 Å². The van der Waals surface area contributed by atoms with E-state index in [4.69, 9.17) is 14.2 Å². The molecule has 0 bridgehead atoms. The minimum atomic E-state index is 0.113. The van der Waals surface area contributed by atoms with Gasteiger partial charge >= 0.3 is 0 Å². The van der Waals surface area contributed by atoms with E-state index < -0.39 is 0 Å². The average molecular weight is 281 g/mol. The highest BCUT2D eigenvalue weighted by Gasteiger charge is 2.34. The van der Waals surface area contributed by atoms with Gasteiger partial charge in [0, 0.05) is 23.6 Å². The highest BCUT2D eigenvalue weighted by molar-refractivity contribution is 5.52. The molecule has 0 radical (unpaired) electrons. The Bertz CT molecular complexity index is 463. The van der Waals surface area contributed by atoms with Gasteiger partial charge < -0.3 is 24.2 Å². The number of likely N-dealkylation sites (N-methyl/N-ethyl adjacent to an activating group) is 1. The molecule has 1 fully saturated rings. The van der Waals surface area contributed by atoms with Crippen LogP contribution in [-0.4, -0.2) is 57.6 Å². The molecule has 0 amide bonds. The second-order valence-corrected chi connectivity index (χ2v) is 5.07. The molecule has 1 aromatic rings. The van der Waals surface area contributed by atoms with Crippen molar-refractivity contribution in [3.63, 3.8) is 0 Å². The number of aliphatic hydroxyl groups is 1. The maximum absolute atomic E-state index is 9.62. The number of likely N-dealkylation sites (tertiary alicyclic amines) is 1. The number of nitrogens with zero attached hydrogens (tertiary/aromatic N) is 1. The lowest BCUT2D eigenvalue weighted by Gasteiger charge is -2.25. The molecule has 2 rings (SSSR count). The quantitative estimate of drug-likeness (QED) is 0.886. The smallest absolute Gasteiger partial charge is 0.164 e. The molecule has 1 saturated heterocycles. The fourth-order valence-electron chi connectivity index (χ4n) is 2.98. The SMILES string of the molecule is COc1cc(OC)c(C2CCN(C)C2CO)cc1OC. The molecule has 1 aliphatic rings. The topological polar surface area (TPSA) is 51.2 Å². The summed E-state index contributed by atoms with van der Waals surface area (Å²) in [6.07, 6.45) is 0.994. The molecule has 2 unspecified atom stereocenters. The Morgan fingerprint density at radius 2 is 1.70 bits per heavy atom. The summed E-state index contributed by atoms with van der Waals surface area (Å²) in [6, 6.07) is 3.92. The zero-order valence-electron chi connectivity index (χ0n) is 12.5. The van der Waals surface area contributed by atoms with Gasteiger partial charge in [0.2, 0.25) is 0 Å². The predicted molar refractivity (Wildman–Crippen MR) is 77.0 cm³/mol. The summed E-state index contributed by atoms with van der Waals surface area (Å²) in [5.41, 5.74) is 1.06. The molecule has 5 nitrogen and oxygen atoms in total. The molecule has 1 aromatic carbocycles. The molecule has 5 heteroatoms. The van der Waals surface area contributed by atoms with Crippen LogP contribution >= 0.6 is 0 Å². The zero-order chi connectivity index (χ0) is 14.7. The van der Waals surface area contributed by atoms with E-state index >= 15 is 0 Å². The van der Waals surface area contributed by atoms with Gasteiger partial charge in [-0.1, -0.05) is 0 Å². The number of hydrogen-bond acceptors (Lipinski definition) is 5. The van der Waals surface area contributed by atoms with Gasteiger partial charge in [0.15, 0.2) is 11.5 Å². The van der Waals surface area contributed by atoms with E-state index in [1.165, 1.54) is 0 Å². The second kappa shape index (κ2) is 6.33. The number of ether oxygens (including phenoxy) is 3. The van der Waals surface area contributed by atoms with Crippen molar-refractivity contribution >= 4 is 0 Å². The van der Waals surface area contributed by atoms with E-state index in [1.54, 1.807) is 21.3 Å². The van der Waals surface area contributed by atoms with Crippen LogP contribution < -0.4 is 14.2 Å². The number of methoxy groups -OCH3 is 3. The number of rotatable bonds is 5. The first kappa shape index (κ1) is 14.9. The summed E-state index contributed by atoms with van der Waals surface area (Å²) in [7, 11) is 6.92. The minimum absolute atomic E-state index is 0.113. The van der Waals surface area contributed by atoms with Crippen molar-refractivity contribution in [2.75, 3.05) is 41.5 Å². The Labute approximate surface area is 120 Å². The van der Waals surface area contributed by atoms with Gasteiger partial charge in [-0.3, -0.25) is 0 Å². The molecule has 20 heavy (non-hydrogen) atoms. The number of hydrogen-bond donors (Lipinski definition) is 1. The molecular weight excluding hydrogens is 258 g/mol. The van der Waals surface area contributed by atoms with Gasteiger partial charge in [-0.25, -0.2) is 0 Å². The van der Waals surface area contributed by atoms with E-state index in [0.29, 0.717) is 11.5 Å². The number of aliphatic hydroxyl groups excluding tert-OH is 1. The van der Waals surface area contributed by atoms with Crippen LogP contribution in [0.15, 0.2) is 12.1 Å².